The molecule has 18 nitrogen and oxygen atoms in total. The third-order valence-corrected chi connectivity index (χ3v) is 19.5. The van der Waals surface area contributed by atoms with Gasteiger partial charge in [-0.25, -0.2) is 0 Å². The molecule has 3 aliphatic heterocycles. The molecule has 3 aromatic heterocycles. The Morgan fingerprint density at radius 1 is 0.840 bits per heavy atom. The van der Waals surface area contributed by atoms with Gasteiger partial charge in [-0.05, 0) is 94.5 Å². The minimum atomic E-state index is -1.11. The molecule has 11 rings (SSSR count). The van der Waals surface area contributed by atoms with Gasteiger partial charge < -0.3 is 43.5 Å². The number of carbonyl (C=O) groups is 5. The number of fused-ring (bicyclic) bond motifs is 7. The largest absolute Gasteiger partial charge is 0.469 e. The molecule has 3 fully saturated rings. The highest BCUT2D eigenvalue weighted by Gasteiger charge is 2.78. The van der Waals surface area contributed by atoms with Crippen molar-refractivity contribution >= 4 is 58.2 Å². The van der Waals surface area contributed by atoms with Gasteiger partial charge in [0.15, 0.2) is 11.6 Å². The minimum absolute atomic E-state index is 0.0209. The molecule has 0 bridgehead atoms. The Labute approximate surface area is 479 Å². The summed E-state index contributed by atoms with van der Waals surface area (Å²) < 4.78 is 43.6. The Hall–Kier alpha value is -6.61. The first-order chi connectivity index (χ1) is 38.9. The highest BCUT2D eigenvalue weighted by Crippen LogP contribution is 2.72. The van der Waals surface area contributed by atoms with Gasteiger partial charge in [0.25, 0.3) is 5.91 Å². The van der Waals surface area contributed by atoms with Crippen molar-refractivity contribution in [2.45, 2.75) is 98.0 Å². The smallest absolute Gasteiger partial charge is 0.316 e. The maximum absolute atomic E-state index is 14.2. The number of benzene rings is 2. The molecule has 2 amide bonds. The standard InChI is InChI=1S/C61H67ClN6O12S/c1-32-34(3)81-57-48(32)50(36-13-15-39(62)16-14-36)65-42(55-67-66-35(4)68(55)57)30-46(70)63-20-23-75-25-27-77-28-26-76-24-21-64-56(72)38-11-9-37(10-12-38)51-40(18-22-78-51)41-29-43-49(33(41)2)61(7)44(31-47(71)74-8)60(6)45(69)17-19-59(5)53(60)52(54(61)79-43)80-58(59)73/h9-19,22,41-44,52-54H,20-21,23-31H2,1-8H3,(H,63,70)(H,64,72)/t41-,42+,43-,44-,52-,53+,54-,59-,60?,61-/m1/s1. The molecule has 20 heteroatoms. The van der Waals surface area contributed by atoms with E-state index in [2.05, 4.69) is 48.5 Å². The highest BCUT2D eigenvalue weighted by molar-refractivity contribution is 7.15. The Balaban J connectivity index is 0.614. The molecule has 2 saturated heterocycles. The van der Waals surface area contributed by atoms with Crippen LogP contribution in [0.2, 0.25) is 5.02 Å². The summed E-state index contributed by atoms with van der Waals surface area (Å²) in [6, 6.07) is 16.2. The number of halogens is 1. The van der Waals surface area contributed by atoms with Crippen LogP contribution in [-0.4, -0.2) is 128 Å². The fourth-order valence-corrected chi connectivity index (χ4v) is 15.4. The van der Waals surface area contributed by atoms with Crippen LogP contribution in [0.5, 0.6) is 0 Å². The Bertz CT molecular complexity index is 3400. The summed E-state index contributed by atoms with van der Waals surface area (Å²) in [4.78, 5) is 73.8. The fourth-order valence-electron chi connectivity index (χ4n) is 14.0. The number of methoxy groups -OCH3 is 1. The Kier molecular flexibility index (Phi) is 15.5. The summed E-state index contributed by atoms with van der Waals surface area (Å²) in [7, 11) is 1.35. The van der Waals surface area contributed by atoms with Crippen molar-refractivity contribution in [3.63, 3.8) is 0 Å². The molecule has 0 spiro atoms. The lowest BCUT2D eigenvalue weighted by molar-refractivity contribution is -0.190. The van der Waals surface area contributed by atoms with Gasteiger partial charge in [-0.2, -0.15) is 0 Å². The number of thiophene rings is 1. The molecule has 426 valence electrons. The van der Waals surface area contributed by atoms with Crippen molar-refractivity contribution in [1.29, 1.82) is 0 Å². The monoisotopic (exact) mass is 1140 g/mol. The number of esters is 2. The van der Waals surface area contributed by atoms with E-state index in [1.807, 2.05) is 67.8 Å². The first-order valence-electron chi connectivity index (χ1n) is 27.6. The van der Waals surface area contributed by atoms with Gasteiger partial charge in [0.1, 0.15) is 34.8 Å². The minimum Gasteiger partial charge on any atom is -0.469 e. The molecule has 3 aliphatic carbocycles. The molecule has 81 heavy (non-hydrogen) atoms. The van der Waals surface area contributed by atoms with E-state index >= 15 is 0 Å². The zero-order chi connectivity index (χ0) is 57.1. The third-order valence-electron chi connectivity index (χ3n) is 18.0. The van der Waals surface area contributed by atoms with Crippen molar-refractivity contribution in [1.82, 2.24) is 25.4 Å². The number of aliphatic imine (C=N–C) groups is 1. The van der Waals surface area contributed by atoms with Gasteiger partial charge in [0.05, 0.1) is 83.1 Å². The van der Waals surface area contributed by atoms with E-state index in [-0.39, 0.29) is 48.4 Å². The number of ketones is 1. The second-order valence-corrected chi connectivity index (χ2v) is 24.1. The zero-order valence-corrected chi connectivity index (χ0v) is 48.3. The van der Waals surface area contributed by atoms with E-state index in [0.717, 1.165) is 55.5 Å². The van der Waals surface area contributed by atoms with E-state index in [4.69, 9.17) is 49.4 Å². The second-order valence-electron chi connectivity index (χ2n) is 22.5. The number of aromatic nitrogens is 3. The number of hydrogen-bond donors (Lipinski definition) is 2. The lowest BCUT2D eigenvalue weighted by Crippen LogP contribution is -2.66. The van der Waals surface area contributed by atoms with Crippen LogP contribution >= 0.6 is 22.9 Å². The van der Waals surface area contributed by atoms with Crippen molar-refractivity contribution in [2.75, 3.05) is 59.8 Å². The molecule has 2 N–H and O–H groups in total. The molecular weight excluding hydrogens is 1080 g/mol. The summed E-state index contributed by atoms with van der Waals surface area (Å²) >= 11 is 7.91. The predicted octanol–water partition coefficient (Wildman–Crippen LogP) is 8.51. The molecule has 6 heterocycles. The van der Waals surface area contributed by atoms with Crippen molar-refractivity contribution in [3.05, 3.63) is 134 Å². The van der Waals surface area contributed by atoms with E-state index in [1.54, 1.807) is 35.8 Å². The number of carbonyl (C=O) groups excluding carboxylic acids is 5. The number of ether oxygens (including phenoxy) is 6. The quantitative estimate of drug-likeness (QED) is 0.0424. The first kappa shape index (κ1) is 56.3. The lowest BCUT2D eigenvalue weighted by atomic mass is 9.42. The topological polar surface area (TPSA) is 221 Å². The van der Waals surface area contributed by atoms with Gasteiger partial charge in [0, 0.05) is 73.5 Å². The van der Waals surface area contributed by atoms with Crippen molar-refractivity contribution in [2.24, 2.45) is 33.1 Å². The summed E-state index contributed by atoms with van der Waals surface area (Å²) in [5, 5.41) is 16.3. The number of hydrogen-bond acceptors (Lipinski definition) is 16. The maximum Gasteiger partial charge on any atom is 0.316 e. The summed E-state index contributed by atoms with van der Waals surface area (Å²) in [6.45, 7) is 16.5. The maximum atomic E-state index is 14.2. The van der Waals surface area contributed by atoms with E-state index < -0.39 is 52.3 Å². The molecule has 6 aliphatic rings. The Morgan fingerprint density at radius 3 is 2.22 bits per heavy atom. The number of furan rings is 1. The fraction of sp³-hybridized carbons (Fsp3) is 0.475. The molecule has 2 aromatic carbocycles. The third kappa shape index (κ3) is 9.70. The zero-order valence-electron chi connectivity index (χ0n) is 46.7. The number of amides is 2. The average molecular weight is 1140 g/mol. The van der Waals surface area contributed by atoms with Gasteiger partial charge in [-0.1, -0.05) is 61.4 Å². The average Bonchev–Trinajstić information content (AvgIpc) is 1.72. The van der Waals surface area contributed by atoms with Crippen LogP contribution in [0.25, 0.3) is 16.3 Å². The normalized spacial score (nSPS) is 27.7. The lowest BCUT2D eigenvalue weighted by Gasteiger charge is -2.59. The van der Waals surface area contributed by atoms with Crippen molar-refractivity contribution < 1.29 is 56.8 Å². The number of nitrogens with zero attached hydrogens (tertiary/aromatic N) is 4. The van der Waals surface area contributed by atoms with E-state index in [0.29, 0.717) is 81.3 Å². The van der Waals surface area contributed by atoms with Crippen LogP contribution in [0.15, 0.2) is 93.6 Å². The van der Waals surface area contributed by atoms with Crippen LogP contribution in [0.1, 0.15) is 108 Å². The van der Waals surface area contributed by atoms with Gasteiger partial charge >= 0.3 is 11.9 Å². The van der Waals surface area contributed by atoms with Crippen LogP contribution in [-0.2, 0) is 47.6 Å². The van der Waals surface area contributed by atoms with E-state index in [1.165, 1.54) is 18.1 Å². The van der Waals surface area contributed by atoms with Gasteiger partial charge in [-0.15, -0.1) is 21.5 Å². The predicted molar refractivity (Wildman–Crippen MR) is 301 cm³/mol. The van der Waals surface area contributed by atoms with Crippen LogP contribution in [0.3, 0.4) is 0 Å². The van der Waals surface area contributed by atoms with Crippen LogP contribution < -0.4 is 10.6 Å². The molecule has 5 aromatic rings. The van der Waals surface area contributed by atoms with E-state index in [9.17, 15) is 24.0 Å². The van der Waals surface area contributed by atoms with Crippen LogP contribution in [0.4, 0.5) is 0 Å². The number of aryl methyl sites for hydroxylation is 2. The summed E-state index contributed by atoms with van der Waals surface area (Å²) in [5.74, 6) is -0.517. The Morgan fingerprint density at radius 2 is 1.52 bits per heavy atom. The summed E-state index contributed by atoms with van der Waals surface area (Å²) in [6.07, 6.45) is 3.92. The number of rotatable bonds is 20. The molecule has 1 saturated carbocycles. The summed E-state index contributed by atoms with van der Waals surface area (Å²) in [5.41, 5.74) is 5.18. The molecule has 1 unspecified atom stereocenters. The molecule has 0 radical (unpaired) electrons. The molecule has 10 atom stereocenters. The first-order valence-corrected chi connectivity index (χ1v) is 28.8. The SMILES string of the molecule is COC(=O)C[C@@H]1C2(C)C(=O)C=C[C@@]3(C)C(=O)O[C@@H]([C@H]4O[C@@H]5C[C@@H](c6ccoc6-c6ccc(C(=O)NCCOCCOCCOCCNC(=O)C[C@@H]7N=C(c8ccc(Cl)cc8)c8c(sc(C)c8C)-n8c(C)nnc87)cc6)C(C)=C5[C@]41C)[C@H]23. The van der Waals surface area contributed by atoms with Crippen LogP contribution in [0, 0.1) is 48.9 Å². The number of allylic oxidation sites excluding steroid dienone is 2. The highest BCUT2D eigenvalue weighted by atomic mass is 35.5. The second kappa shape index (κ2) is 22.3. The number of nitrogens with one attached hydrogen (secondary N) is 2. The molecular formula is C61H67ClN6O12S. The van der Waals surface area contributed by atoms with Gasteiger partial charge in [-0.3, -0.25) is 33.5 Å². The van der Waals surface area contributed by atoms with Crippen molar-refractivity contribution in [3.8, 4) is 16.3 Å². The van der Waals surface area contributed by atoms with Gasteiger partial charge in [0.2, 0.25) is 5.91 Å².